The monoisotopic (exact) mass is 435 g/mol. The Bertz CT molecular complexity index is 1100. The fourth-order valence-corrected chi connectivity index (χ4v) is 4.81. The minimum atomic E-state index is -3.68. The highest BCUT2D eigenvalue weighted by molar-refractivity contribution is 7.90. The molecular formula is C20H19ClFN3O3S. The first kappa shape index (κ1) is 19.8. The minimum Gasteiger partial charge on any atom is -0.333 e. The topological polar surface area (TPSA) is 78.8 Å². The van der Waals surface area contributed by atoms with Crippen molar-refractivity contribution < 1.29 is 17.6 Å². The number of fused-ring (bicyclic) bond motifs is 1. The summed E-state index contributed by atoms with van der Waals surface area (Å²) in [6.07, 6.45) is 1.66. The van der Waals surface area contributed by atoms with E-state index in [0.29, 0.717) is 5.56 Å². The van der Waals surface area contributed by atoms with Crippen LogP contribution in [-0.4, -0.2) is 37.1 Å². The molecule has 1 N–H and O–H groups in total. The van der Waals surface area contributed by atoms with Gasteiger partial charge in [-0.1, -0.05) is 29.8 Å². The summed E-state index contributed by atoms with van der Waals surface area (Å²) in [6.45, 7) is 1.65. The van der Waals surface area contributed by atoms with E-state index in [0.717, 1.165) is 12.8 Å². The molecular weight excluding hydrogens is 417 g/mol. The van der Waals surface area contributed by atoms with Gasteiger partial charge in [-0.05, 0) is 44.0 Å². The number of sulfonamides is 1. The SMILES string of the molecule is C[C@H](N=C1NS(=O)(=O)c2ccccc21)C(=O)N(Cc1c(F)cccc1Cl)C1CC1. The number of benzene rings is 2. The molecule has 2 aliphatic rings. The van der Waals surface area contributed by atoms with Gasteiger partial charge in [-0.3, -0.25) is 14.5 Å². The van der Waals surface area contributed by atoms with Gasteiger partial charge in [0.25, 0.3) is 10.0 Å². The van der Waals surface area contributed by atoms with Gasteiger partial charge in [-0.25, -0.2) is 12.8 Å². The summed E-state index contributed by atoms with van der Waals surface area (Å²) >= 11 is 6.13. The lowest BCUT2D eigenvalue weighted by Crippen LogP contribution is -2.39. The first-order chi connectivity index (χ1) is 13.8. The molecule has 1 amide bonds. The Morgan fingerprint density at radius 2 is 2.00 bits per heavy atom. The van der Waals surface area contributed by atoms with Crippen molar-refractivity contribution >= 4 is 33.4 Å². The highest BCUT2D eigenvalue weighted by Crippen LogP contribution is 2.32. The number of hydrogen-bond acceptors (Lipinski definition) is 4. The van der Waals surface area contributed by atoms with Crippen molar-refractivity contribution in [2.45, 2.75) is 43.3 Å². The Morgan fingerprint density at radius 3 is 2.69 bits per heavy atom. The average molecular weight is 436 g/mol. The molecule has 0 aromatic heterocycles. The number of nitrogens with one attached hydrogen (secondary N) is 1. The van der Waals surface area contributed by atoms with Crippen molar-refractivity contribution in [3.63, 3.8) is 0 Å². The first-order valence-corrected chi connectivity index (χ1v) is 11.1. The van der Waals surface area contributed by atoms with E-state index in [9.17, 15) is 17.6 Å². The predicted molar refractivity (Wildman–Crippen MR) is 108 cm³/mol. The second kappa shape index (κ2) is 7.42. The van der Waals surface area contributed by atoms with Gasteiger partial charge in [-0.2, -0.15) is 0 Å². The molecule has 4 rings (SSSR count). The summed E-state index contributed by atoms with van der Waals surface area (Å²) < 4.78 is 41.1. The summed E-state index contributed by atoms with van der Waals surface area (Å²) in [7, 11) is -3.68. The minimum absolute atomic E-state index is 0.00776. The zero-order chi connectivity index (χ0) is 20.8. The van der Waals surface area contributed by atoms with Gasteiger partial charge in [0.05, 0.1) is 11.4 Å². The molecule has 0 saturated heterocycles. The van der Waals surface area contributed by atoms with Crippen molar-refractivity contribution in [1.29, 1.82) is 0 Å². The highest BCUT2D eigenvalue weighted by atomic mass is 35.5. The van der Waals surface area contributed by atoms with Gasteiger partial charge in [0.2, 0.25) is 5.91 Å². The molecule has 0 unspecified atom stereocenters. The quantitative estimate of drug-likeness (QED) is 0.783. The lowest BCUT2D eigenvalue weighted by Gasteiger charge is -2.25. The zero-order valence-electron chi connectivity index (χ0n) is 15.6. The molecule has 2 aromatic carbocycles. The summed E-state index contributed by atoms with van der Waals surface area (Å²) in [4.78, 5) is 19.1. The molecule has 1 saturated carbocycles. The number of rotatable bonds is 5. The van der Waals surface area contributed by atoms with Gasteiger partial charge < -0.3 is 4.90 Å². The van der Waals surface area contributed by atoms with Crippen molar-refractivity contribution in [1.82, 2.24) is 9.62 Å². The third kappa shape index (κ3) is 3.86. The van der Waals surface area contributed by atoms with Crippen LogP contribution in [0, 0.1) is 5.82 Å². The molecule has 0 radical (unpaired) electrons. The normalized spacial score (nSPS) is 19.5. The molecule has 152 valence electrons. The van der Waals surface area contributed by atoms with Crippen molar-refractivity contribution in [3.05, 3.63) is 64.4 Å². The van der Waals surface area contributed by atoms with Crippen LogP contribution in [0.1, 0.15) is 30.9 Å². The lowest BCUT2D eigenvalue weighted by atomic mass is 10.1. The lowest BCUT2D eigenvalue weighted by molar-refractivity contribution is -0.133. The summed E-state index contributed by atoms with van der Waals surface area (Å²) in [5.41, 5.74) is 0.698. The Balaban J connectivity index is 1.60. The maximum atomic E-state index is 14.2. The second-order valence-electron chi connectivity index (χ2n) is 7.15. The summed E-state index contributed by atoms with van der Waals surface area (Å²) in [5.74, 6) is -0.628. The van der Waals surface area contributed by atoms with Crippen molar-refractivity contribution in [2.24, 2.45) is 4.99 Å². The molecule has 1 aliphatic heterocycles. The highest BCUT2D eigenvalue weighted by Gasteiger charge is 2.37. The van der Waals surface area contributed by atoms with Crippen LogP contribution in [0.5, 0.6) is 0 Å². The van der Waals surface area contributed by atoms with Gasteiger partial charge in [-0.15, -0.1) is 0 Å². The van der Waals surface area contributed by atoms with E-state index >= 15 is 0 Å². The van der Waals surface area contributed by atoms with E-state index in [2.05, 4.69) is 9.71 Å². The number of amidine groups is 1. The predicted octanol–water partition coefficient (Wildman–Crippen LogP) is 3.10. The summed E-state index contributed by atoms with van der Waals surface area (Å²) in [6, 6.07) is 10.0. The number of hydrogen-bond donors (Lipinski definition) is 1. The fourth-order valence-electron chi connectivity index (χ4n) is 3.35. The molecule has 0 spiro atoms. The van der Waals surface area contributed by atoms with Crippen LogP contribution < -0.4 is 4.72 Å². The maximum Gasteiger partial charge on any atom is 0.263 e. The molecule has 9 heteroatoms. The molecule has 2 aromatic rings. The Labute approximate surface area is 173 Å². The molecule has 0 bridgehead atoms. The standard InChI is InChI=1S/C20H19ClFN3O3S/c1-12(23-19-14-5-2-3-8-18(14)29(27,28)24-19)20(26)25(13-9-10-13)11-15-16(21)6-4-7-17(15)22/h2-8,12-13H,9-11H2,1H3,(H,23,24)/t12-/m0/s1. The Kier molecular flexibility index (Phi) is 5.08. The number of amides is 1. The number of halogens is 2. The average Bonchev–Trinajstić information content (AvgIpc) is 3.48. The number of carbonyl (C=O) groups is 1. The van der Waals surface area contributed by atoms with Crippen LogP contribution in [-0.2, 0) is 21.4 Å². The fraction of sp³-hybridized carbons (Fsp3) is 0.300. The van der Waals surface area contributed by atoms with Crippen LogP contribution >= 0.6 is 11.6 Å². The first-order valence-electron chi connectivity index (χ1n) is 9.21. The van der Waals surface area contributed by atoms with Crippen LogP contribution in [0.25, 0.3) is 0 Å². The number of nitrogens with zero attached hydrogens (tertiary/aromatic N) is 2. The van der Waals surface area contributed by atoms with Crippen LogP contribution in [0.2, 0.25) is 5.02 Å². The number of carbonyl (C=O) groups excluding carboxylic acids is 1. The van der Waals surface area contributed by atoms with Gasteiger partial charge in [0, 0.05) is 22.2 Å². The maximum absolute atomic E-state index is 14.2. The van der Waals surface area contributed by atoms with Crippen LogP contribution in [0.4, 0.5) is 4.39 Å². The molecule has 6 nitrogen and oxygen atoms in total. The van der Waals surface area contributed by atoms with E-state index in [1.54, 1.807) is 36.1 Å². The van der Waals surface area contributed by atoms with E-state index in [-0.39, 0.29) is 39.8 Å². The van der Waals surface area contributed by atoms with E-state index < -0.39 is 21.9 Å². The van der Waals surface area contributed by atoms with Crippen molar-refractivity contribution in [2.75, 3.05) is 0 Å². The molecule has 29 heavy (non-hydrogen) atoms. The van der Waals surface area contributed by atoms with E-state index in [1.165, 1.54) is 18.2 Å². The van der Waals surface area contributed by atoms with E-state index in [1.807, 2.05) is 0 Å². The third-order valence-corrected chi connectivity index (χ3v) is 6.75. The van der Waals surface area contributed by atoms with Crippen LogP contribution in [0.3, 0.4) is 0 Å². The zero-order valence-corrected chi connectivity index (χ0v) is 17.2. The van der Waals surface area contributed by atoms with Gasteiger partial charge in [0.1, 0.15) is 17.7 Å². The largest absolute Gasteiger partial charge is 0.333 e. The molecule has 1 aliphatic carbocycles. The Hall–Kier alpha value is -2.45. The molecule has 1 fully saturated rings. The molecule has 1 atom stereocenters. The van der Waals surface area contributed by atoms with Gasteiger partial charge in [0.15, 0.2) is 0 Å². The van der Waals surface area contributed by atoms with E-state index in [4.69, 9.17) is 11.6 Å². The van der Waals surface area contributed by atoms with Gasteiger partial charge >= 0.3 is 0 Å². The number of aliphatic imine (C=N–C) groups is 1. The summed E-state index contributed by atoms with van der Waals surface area (Å²) in [5, 5.41) is 0.264. The van der Waals surface area contributed by atoms with Crippen molar-refractivity contribution in [3.8, 4) is 0 Å². The second-order valence-corrected chi connectivity index (χ2v) is 9.21. The third-order valence-electron chi connectivity index (χ3n) is 5.00. The smallest absolute Gasteiger partial charge is 0.263 e. The van der Waals surface area contributed by atoms with Crippen LogP contribution in [0.15, 0.2) is 52.4 Å². The Morgan fingerprint density at radius 1 is 1.28 bits per heavy atom. The molecule has 1 heterocycles.